The van der Waals surface area contributed by atoms with Gasteiger partial charge in [-0.05, 0) is 35.4 Å². The third-order valence-corrected chi connectivity index (χ3v) is 5.22. The highest BCUT2D eigenvalue weighted by atomic mass is 16.6. The van der Waals surface area contributed by atoms with Gasteiger partial charge in [0, 0.05) is 5.92 Å². The van der Waals surface area contributed by atoms with Crippen LogP contribution in [-0.4, -0.2) is 37.0 Å². The van der Waals surface area contributed by atoms with Gasteiger partial charge in [0.1, 0.15) is 6.10 Å². The second-order valence-electron chi connectivity index (χ2n) is 6.66. The minimum atomic E-state index is -0.471. The maximum Gasteiger partial charge on any atom is 0.313 e. The first-order valence-electron chi connectivity index (χ1n) is 8.59. The van der Waals surface area contributed by atoms with Gasteiger partial charge in [0.2, 0.25) is 0 Å². The molecule has 4 atom stereocenters. The van der Waals surface area contributed by atoms with Crippen molar-refractivity contribution in [1.82, 2.24) is 0 Å². The minimum absolute atomic E-state index is 0.0267. The monoisotopic (exact) mass is 372 g/mol. The molecule has 2 unspecified atom stereocenters. The lowest BCUT2D eigenvalue weighted by Gasteiger charge is -2.16. The SMILES string of the molecule is COc1cc([C@@H]2OC(=O)C3C2CO[C@H]3c2ccc(O)c(OC)c2)ccc1O. The van der Waals surface area contributed by atoms with E-state index in [2.05, 4.69) is 0 Å². The number of aromatic hydroxyl groups is 2. The molecular formula is C20H20O7. The van der Waals surface area contributed by atoms with E-state index in [1.54, 1.807) is 24.3 Å². The number of esters is 1. The Morgan fingerprint density at radius 3 is 2.04 bits per heavy atom. The average Bonchev–Trinajstić information content (AvgIpc) is 3.24. The summed E-state index contributed by atoms with van der Waals surface area (Å²) in [5.41, 5.74) is 1.50. The van der Waals surface area contributed by atoms with Crippen LogP contribution in [0.5, 0.6) is 23.0 Å². The summed E-state index contributed by atoms with van der Waals surface area (Å²) >= 11 is 0. The van der Waals surface area contributed by atoms with Gasteiger partial charge in [0.25, 0.3) is 0 Å². The molecule has 2 aliphatic heterocycles. The van der Waals surface area contributed by atoms with Crippen molar-refractivity contribution < 1.29 is 34.0 Å². The largest absolute Gasteiger partial charge is 0.504 e. The molecule has 7 heteroatoms. The third kappa shape index (κ3) is 2.84. The molecule has 0 amide bonds. The molecule has 4 rings (SSSR count). The van der Waals surface area contributed by atoms with Gasteiger partial charge in [0.15, 0.2) is 23.0 Å². The number of ether oxygens (including phenoxy) is 4. The van der Waals surface area contributed by atoms with Crippen molar-refractivity contribution in [2.45, 2.75) is 12.2 Å². The molecule has 2 saturated heterocycles. The Labute approximate surface area is 156 Å². The first kappa shape index (κ1) is 17.5. The van der Waals surface area contributed by atoms with Crippen LogP contribution in [0.2, 0.25) is 0 Å². The van der Waals surface area contributed by atoms with Gasteiger partial charge in [-0.15, -0.1) is 0 Å². The molecule has 2 aromatic carbocycles. The van der Waals surface area contributed by atoms with Crippen LogP contribution in [0.4, 0.5) is 0 Å². The number of fused-ring (bicyclic) bond motifs is 1. The van der Waals surface area contributed by atoms with E-state index in [0.717, 1.165) is 11.1 Å². The normalized spacial score (nSPS) is 26.5. The van der Waals surface area contributed by atoms with E-state index in [1.165, 1.54) is 26.4 Å². The van der Waals surface area contributed by atoms with Crippen LogP contribution >= 0.6 is 0 Å². The Bertz CT molecular complexity index is 827. The van der Waals surface area contributed by atoms with Crippen molar-refractivity contribution in [3.8, 4) is 23.0 Å². The molecule has 2 N–H and O–H groups in total. The first-order chi connectivity index (χ1) is 13.0. The fourth-order valence-corrected chi connectivity index (χ4v) is 3.87. The Hall–Kier alpha value is -2.93. The first-order valence-corrected chi connectivity index (χ1v) is 8.59. The van der Waals surface area contributed by atoms with E-state index in [0.29, 0.717) is 18.1 Å². The van der Waals surface area contributed by atoms with Gasteiger partial charge in [0.05, 0.1) is 32.8 Å². The van der Waals surface area contributed by atoms with Gasteiger partial charge >= 0.3 is 5.97 Å². The van der Waals surface area contributed by atoms with Crippen LogP contribution in [0.15, 0.2) is 36.4 Å². The zero-order chi connectivity index (χ0) is 19.1. The highest BCUT2D eigenvalue weighted by Gasteiger charge is 2.54. The van der Waals surface area contributed by atoms with Crippen LogP contribution in [0, 0.1) is 11.8 Å². The summed E-state index contributed by atoms with van der Waals surface area (Å²) < 4.78 is 21.9. The fourth-order valence-electron chi connectivity index (χ4n) is 3.87. The lowest BCUT2D eigenvalue weighted by Crippen LogP contribution is -2.17. The zero-order valence-electron chi connectivity index (χ0n) is 14.9. The number of cyclic esters (lactones) is 1. The molecule has 0 bridgehead atoms. The molecule has 0 radical (unpaired) electrons. The van der Waals surface area contributed by atoms with Gasteiger partial charge in [-0.25, -0.2) is 0 Å². The highest BCUT2D eigenvalue weighted by Crippen LogP contribution is 2.52. The number of rotatable bonds is 4. The summed E-state index contributed by atoms with van der Waals surface area (Å²) in [7, 11) is 2.93. The van der Waals surface area contributed by atoms with E-state index < -0.39 is 18.1 Å². The fraction of sp³-hybridized carbons (Fsp3) is 0.350. The highest BCUT2D eigenvalue weighted by molar-refractivity contribution is 5.77. The van der Waals surface area contributed by atoms with Crippen molar-refractivity contribution in [2.75, 3.05) is 20.8 Å². The van der Waals surface area contributed by atoms with Crippen LogP contribution in [0.3, 0.4) is 0 Å². The number of phenolic OH excluding ortho intramolecular Hbond substituents is 2. The van der Waals surface area contributed by atoms with Crippen molar-refractivity contribution in [3.63, 3.8) is 0 Å². The Balaban J connectivity index is 1.64. The number of phenols is 2. The van der Waals surface area contributed by atoms with Gasteiger partial charge < -0.3 is 29.2 Å². The Morgan fingerprint density at radius 2 is 1.48 bits per heavy atom. The molecule has 0 aromatic heterocycles. The molecule has 7 nitrogen and oxygen atoms in total. The predicted molar refractivity (Wildman–Crippen MR) is 93.8 cm³/mol. The van der Waals surface area contributed by atoms with Crippen molar-refractivity contribution in [2.24, 2.45) is 11.8 Å². The molecule has 2 heterocycles. The maximum atomic E-state index is 12.6. The summed E-state index contributed by atoms with van der Waals surface area (Å²) in [4.78, 5) is 12.6. The van der Waals surface area contributed by atoms with Crippen LogP contribution in [0.1, 0.15) is 23.3 Å². The summed E-state index contributed by atoms with van der Waals surface area (Å²) in [6.07, 6.45) is -0.943. The summed E-state index contributed by atoms with van der Waals surface area (Å²) in [5, 5.41) is 19.6. The van der Waals surface area contributed by atoms with Crippen molar-refractivity contribution >= 4 is 5.97 Å². The molecule has 0 aliphatic carbocycles. The quantitative estimate of drug-likeness (QED) is 0.797. The van der Waals surface area contributed by atoms with Gasteiger partial charge in [-0.1, -0.05) is 12.1 Å². The number of hydrogen-bond acceptors (Lipinski definition) is 7. The molecule has 2 aliphatic rings. The Morgan fingerprint density at radius 1 is 0.926 bits per heavy atom. The Kier molecular flexibility index (Phi) is 4.31. The topological polar surface area (TPSA) is 94.5 Å². The molecule has 27 heavy (non-hydrogen) atoms. The molecule has 2 aromatic rings. The van der Waals surface area contributed by atoms with Crippen molar-refractivity contribution in [3.05, 3.63) is 47.5 Å². The standard InChI is InChI=1S/C20H20O7/c1-24-15-7-10(3-5-13(15)21)18-12-9-26-19(17(12)20(23)27-18)11-4-6-14(22)16(8-11)25-2/h3-8,12,17-19,21-22H,9H2,1-2H3/t12?,17?,18-,19-/m0/s1. The predicted octanol–water partition coefficient (Wildman–Crippen LogP) is 2.72. The van der Waals surface area contributed by atoms with E-state index in [4.69, 9.17) is 18.9 Å². The van der Waals surface area contributed by atoms with E-state index >= 15 is 0 Å². The molecule has 0 saturated carbocycles. The molecule has 142 valence electrons. The van der Waals surface area contributed by atoms with Crippen LogP contribution in [-0.2, 0) is 14.3 Å². The molecule has 2 fully saturated rings. The van der Waals surface area contributed by atoms with Crippen LogP contribution in [0.25, 0.3) is 0 Å². The smallest absolute Gasteiger partial charge is 0.313 e. The van der Waals surface area contributed by atoms with E-state index in [1.807, 2.05) is 0 Å². The van der Waals surface area contributed by atoms with Crippen LogP contribution < -0.4 is 9.47 Å². The van der Waals surface area contributed by atoms with E-state index in [-0.39, 0.29) is 23.4 Å². The summed E-state index contributed by atoms with van der Waals surface area (Å²) in [5.74, 6) is -0.235. The number of carbonyl (C=O) groups is 1. The summed E-state index contributed by atoms with van der Waals surface area (Å²) in [6, 6.07) is 9.82. The lowest BCUT2D eigenvalue weighted by molar-refractivity contribution is -0.148. The second kappa shape index (κ2) is 6.66. The summed E-state index contributed by atoms with van der Waals surface area (Å²) in [6.45, 7) is 0.359. The third-order valence-electron chi connectivity index (χ3n) is 5.22. The number of carbonyl (C=O) groups excluding carboxylic acids is 1. The van der Waals surface area contributed by atoms with E-state index in [9.17, 15) is 15.0 Å². The zero-order valence-corrected chi connectivity index (χ0v) is 14.9. The minimum Gasteiger partial charge on any atom is -0.504 e. The van der Waals surface area contributed by atoms with Gasteiger partial charge in [-0.3, -0.25) is 4.79 Å². The molecular weight excluding hydrogens is 352 g/mol. The molecule has 0 spiro atoms. The van der Waals surface area contributed by atoms with Gasteiger partial charge in [-0.2, -0.15) is 0 Å². The number of methoxy groups -OCH3 is 2. The number of benzene rings is 2. The average molecular weight is 372 g/mol. The van der Waals surface area contributed by atoms with Crippen molar-refractivity contribution in [1.29, 1.82) is 0 Å². The second-order valence-corrected chi connectivity index (χ2v) is 6.66. The maximum absolute atomic E-state index is 12.6. The lowest BCUT2D eigenvalue weighted by atomic mass is 9.84. The number of hydrogen-bond donors (Lipinski definition) is 2.